The molecule has 0 radical (unpaired) electrons. The van der Waals surface area contributed by atoms with Crippen molar-refractivity contribution in [3.63, 3.8) is 0 Å². The summed E-state index contributed by atoms with van der Waals surface area (Å²) in [6, 6.07) is 3.15. The lowest BCUT2D eigenvalue weighted by Crippen LogP contribution is -2.27. The van der Waals surface area contributed by atoms with Crippen molar-refractivity contribution in [2.24, 2.45) is 0 Å². The van der Waals surface area contributed by atoms with Crippen LogP contribution in [0.3, 0.4) is 0 Å². The summed E-state index contributed by atoms with van der Waals surface area (Å²) in [5.41, 5.74) is 4.39. The third-order valence-electron chi connectivity index (χ3n) is 4.69. The average molecular weight is 285 g/mol. The normalized spacial score (nSPS) is 22.7. The molecule has 2 N–H and O–H groups in total. The molecule has 1 unspecified atom stereocenters. The largest absolute Gasteiger partial charge is 0.367 e. The molecule has 21 heavy (non-hydrogen) atoms. The second-order valence-corrected chi connectivity index (χ2v) is 6.43. The van der Waals surface area contributed by atoms with E-state index in [1.165, 1.54) is 37.7 Å². The highest BCUT2D eigenvalue weighted by atomic mass is 15.3. The van der Waals surface area contributed by atoms with Crippen molar-refractivity contribution >= 4 is 11.5 Å². The van der Waals surface area contributed by atoms with Crippen molar-refractivity contribution in [2.75, 3.05) is 11.9 Å². The van der Waals surface area contributed by atoms with Gasteiger partial charge < -0.3 is 10.6 Å². The van der Waals surface area contributed by atoms with Crippen LogP contribution in [0.5, 0.6) is 0 Å². The van der Waals surface area contributed by atoms with E-state index in [1.54, 1.807) is 0 Å². The number of hydrogen-bond donors (Lipinski definition) is 2. The Morgan fingerprint density at radius 1 is 1.24 bits per heavy atom. The number of hydrogen-bond acceptors (Lipinski definition) is 4. The van der Waals surface area contributed by atoms with Crippen LogP contribution in [0.15, 0.2) is 6.07 Å². The summed E-state index contributed by atoms with van der Waals surface area (Å²) in [5.74, 6) is 1.13. The number of fused-ring (bicyclic) bond motifs is 1. The van der Waals surface area contributed by atoms with Gasteiger partial charge in [-0.05, 0) is 46.1 Å². The van der Waals surface area contributed by atoms with Gasteiger partial charge in [-0.2, -0.15) is 9.61 Å². The quantitative estimate of drug-likeness (QED) is 0.910. The molecule has 1 atom stereocenters. The van der Waals surface area contributed by atoms with Crippen molar-refractivity contribution in [2.45, 2.75) is 58.0 Å². The fourth-order valence-electron chi connectivity index (χ4n) is 3.08. The number of nitrogens with one attached hydrogen (secondary N) is 2. The smallest absolute Gasteiger partial charge is 0.157 e. The molecule has 2 aromatic rings. The van der Waals surface area contributed by atoms with Gasteiger partial charge in [-0.3, -0.25) is 0 Å². The van der Waals surface area contributed by atoms with Crippen molar-refractivity contribution in [1.29, 1.82) is 0 Å². The molecule has 3 heterocycles. The summed E-state index contributed by atoms with van der Waals surface area (Å²) in [6.07, 6.45) is 6.26. The number of rotatable bonds is 3. The Labute approximate surface area is 125 Å². The zero-order chi connectivity index (χ0) is 14.4. The van der Waals surface area contributed by atoms with E-state index in [0.717, 1.165) is 29.4 Å². The molecule has 1 saturated heterocycles. The SMILES string of the molecule is Cc1nc2cc(C3CCCCN3)nn2c(NC2CC2)c1C. The third-order valence-corrected chi connectivity index (χ3v) is 4.69. The first-order chi connectivity index (χ1) is 10.2. The van der Waals surface area contributed by atoms with Gasteiger partial charge in [0.05, 0.1) is 11.7 Å². The fraction of sp³-hybridized carbons (Fsp3) is 0.625. The van der Waals surface area contributed by atoms with E-state index in [9.17, 15) is 0 Å². The molecule has 5 nitrogen and oxygen atoms in total. The van der Waals surface area contributed by atoms with Crippen LogP contribution in [0, 0.1) is 13.8 Å². The van der Waals surface area contributed by atoms with Crippen molar-refractivity contribution in [3.8, 4) is 0 Å². The second-order valence-electron chi connectivity index (χ2n) is 6.43. The van der Waals surface area contributed by atoms with Gasteiger partial charge in [0.25, 0.3) is 0 Å². The van der Waals surface area contributed by atoms with Gasteiger partial charge in [0.15, 0.2) is 5.65 Å². The number of aryl methyl sites for hydroxylation is 1. The van der Waals surface area contributed by atoms with Crippen LogP contribution in [0.2, 0.25) is 0 Å². The summed E-state index contributed by atoms with van der Waals surface area (Å²) in [7, 11) is 0. The maximum Gasteiger partial charge on any atom is 0.157 e. The molecule has 0 amide bonds. The summed E-state index contributed by atoms with van der Waals surface area (Å²) < 4.78 is 2.01. The minimum Gasteiger partial charge on any atom is -0.367 e. The van der Waals surface area contributed by atoms with Crippen LogP contribution < -0.4 is 10.6 Å². The molecule has 0 aromatic carbocycles. The fourth-order valence-corrected chi connectivity index (χ4v) is 3.08. The van der Waals surface area contributed by atoms with Crippen molar-refractivity contribution < 1.29 is 0 Å². The van der Waals surface area contributed by atoms with Crippen LogP contribution in [0.4, 0.5) is 5.82 Å². The topological polar surface area (TPSA) is 54.2 Å². The number of nitrogens with zero attached hydrogens (tertiary/aromatic N) is 3. The number of aromatic nitrogens is 3. The van der Waals surface area contributed by atoms with Gasteiger partial charge in [-0.25, -0.2) is 4.98 Å². The molecular formula is C16H23N5. The van der Waals surface area contributed by atoms with Crippen molar-refractivity contribution in [1.82, 2.24) is 19.9 Å². The Hall–Kier alpha value is -1.62. The molecule has 1 aliphatic carbocycles. The molecule has 0 spiro atoms. The Bertz CT molecular complexity index is 665. The molecule has 112 valence electrons. The molecule has 5 heteroatoms. The Morgan fingerprint density at radius 2 is 2.10 bits per heavy atom. The van der Waals surface area contributed by atoms with Crippen LogP contribution in [0.1, 0.15) is 55.1 Å². The standard InChI is InChI=1S/C16H23N5/c1-10-11(2)18-15-9-14(13-5-3-4-8-17-13)20-21(15)16(10)19-12-6-7-12/h9,12-13,17,19H,3-8H2,1-2H3. The monoisotopic (exact) mass is 285 g/mol. The number of anilines is 1. The van der Waals surface area contributed by atoms with E-state index in [0.29, 0.717) is 12.1 Å². The van der Waals surface area contributed by atoms with Crippen LogP contribution in [-0.2, 0) is 0 Å². The lowest BCUT2D eigenvalue weighted by atomic mass is 10.0. The lowest BCUT2D eigenvalue weighted by Gasteiger charge is -2.21. The van der Waals surface area contributed by atoms with E-state index in [-0.39, 0.29) is 0 Å². The molecule has 2 aromatic heterocycles. The highest BCUT2D eigenvalue weighted by Crippen LogP contribution is 2.29. The predicted octanol–water partition coefficient (Wildman–Crippen LogP) is 2.74. The van der Waals surface area contributed by atoms with Gasteiger partial charge in [-0.15, -0.1) is 0 Å². The minimum atomic E-state index is 0.384. The van der Waals surface area contributed by atoms with E-state index < -0.39 is 0 Å². The summed E-state index contributed by atoms with van der Waals surface area (Å²) in [5, 5.41) is 12.0. The van der Waals surface area contributed by atoms with Gasteiger partial charge in [0.1, 0.15) is 5.82 Å². The van der Waals surface area contributed by atoms with Crippen LogP contribution >= 0.6 is 0 Å². The summed E-state index contributed by atoms with van der Waals surface area (Å²) in [4.78, 5) is 4.71. The van der Waals surface area contributed by atoms with E-state index in [4.69, 9.17) is 10.1 Å². The molecule has 4 rings (SSSR count). The Morgan fingerprint density at radius 3 is 2.81 bits per heavy atom. The first-order valence-electron chi connectivity index (χ1n) is 8.09. The van der Waals surface area contributed by atoms with Crippen molar-refractivity contribution in [3.05, 3.63) is 23.0 Å². The lowest BCUT2D eigenvalue weighted by molar-refractivity contribution is 0.404. The summed E-state index contributed by atoms with van der Waals surface area (Å²) >= 11 is 0. The van der Waals surface area contributed by atoms with E-state index >= 15 is 0 Å². The van der Waals surface area contributed by atoms with Gasteiger partial charge >= 0.3 is 0 Å². The average Bonchev–Trinajstić information content (AvgIpc) is 3.23. The zero-order valence-electron chi connectivity index (χ0n) is 12.8. The molecule has 2 fully saturated rings. The molecule has 0 bridgehead atoms. The minimum absolute atomic E-state index is 0.384. The summed E-state index contributed by atoms with van der Waals surface area (Å²) in [6.45, 7) is 5.31. The van der Waals surface area contributed by atoms with Gasteiger partial charge in [0.2, 0.25) is 0 Å². The zero-order valence-corrected chi connectivity index (χ0v) is 12.8. The molecule has 1 aliphatic heterocycles. The van der Waals surface area contributed by atoms with Crippen LogP contribution in [-0.4, -0.2) is 27.2 Å². The number of piperidine rings is 1. The van der Waals surface area contributed by atoms with Gasteiger partial charge in [0, 0.05) is 23.4 Å². The highest BCUT2D eigenvalue weighted by Gasteiger charge is 2.25. The van der Waals surface area contributed by atoms with E-state index in [1.807, 2.05) is 4.52 Å². The predicted molar refractivity (Wildman–Crippen MR) is 83.7 cm³/mol. The Kier molecular flexibility index (Phi) is 3.10. The second kappa shape index (κ2) is 4.98. The maximum atomic E-state index is 4.85. The maximum absolute atomic E-state index is 4.85. The molecule has 1 saturated carbocycles. The van der Waals surface area contributed by atoms with E-state index in [2.05, 4.69) is 30.5 Å². The first kappa shape index (κ1) is 13.1. The molecular weight excluding hydrogens is 262 g/mol. The third kappa shape index (κ3) is 2.39. The Balaban J connectivity index is 1.77. The van der Waals surface area contributed by atoms with Crippen LogP contribution in [0.25, 0.3) is 5.65 Å². The first-order valence-corrected chi connectivity index (χ1v) is 8.09. The molecule has 2 aliphatic rings. The van der Waals surface area contributed by atoms with Gasteiger partial charge in [-0.1, -0.05) is 6.42 Å². The highest BCUT2D eigenvalue weighted by molar-refractivity contribution is 5.56.